The standard InChI is InChI=1S/C10H8N2O4/c1-16-8-4-2-3-7-9(8)6(5-13)11-12(7)10(14)15/h2-5H,1H3,(H,14,15). The van der Waals surface area contributed by atoms with Crippen LogP contribution < -0.4 is 4.74 Å². The van der Waals surface area contributed by atoms with Gasteiger partial charge >= 0.3 is 6.09 Å². The molecule has 6 heteroatoms. The smallest absolute Gasteiger partial charge is 0.432 e. The molecule has 0 atom stereocenters. The molecule has 0 spiro atoms. The molecule has 1 N–H and O–H groups in total. The monoisotopic (exact) mass is 220 g/mol. The zero-order valence-electron chi connectivity index (χ0n) is 8.38. The molecule has 2 aromatic rings. The molecular weight excluding hydrogens is 212 g/mol. The summed E-state index contributed by atoms with van der Waals surface area (Å²) in [5.41, 5.74) is 0.379. The van der Waals surface area contributed by atoms with E-state index in [2.05, 4.69) is 5.10 Å². The van der Waals surface area contributed by atoms with Crippen molar-refractivity contribution in [3.63, 3.8) is 0 Å². The second-order valence-corrected chi connectivity index (χ2v) is 3.05. The van der Waals surface area contributed by atoms with Crippen LogP contribution in [-0.4, -0.2) is 34.4 Å². The topological polar surface area (TPSA) is 81.4 Å². The zero-order chi connectivity index (χ0) is 11.7. The summed E-state index contributed by atoms with van der Waals surface area (Å²) in [4.78, 5) is 21.7. The maximum atomic E-state index is 10.9. The zero-order valence-corrected chi connectivity index (χ0v) is 8.38. The Morgan fingerprint density at radius 3 is 2.88 bits per heavy atom. The average molecular weight is 220 g/mol. The molecule has 0 saturated heterocycles. The fourth-order valence-corrected chi connectivity index (χ4v) is 1.56. The molecule has 0 aliphatic carbocycles. The fraction of sp³-hybridized carbons (Fsp3) is 0.100. The third-order valence-corrected chi connectivity index (χ3v) is 2.21. The van der Waals surface area contributed by atoms with Crippen LogP contribution in [0.2, 0.25) is 0 Å². The number of methoxy groups -OCH3 is 1. The van der Waals surface area contributed by atoms with Gasteiger partial charge in [-0.15, -0.1) is 0 Å². The van der Waals surface area contributed by atoms with Gasteiger partial charge in [0.1, 0.15) is 11.4 Å². The second kappa shape index (κ2) is 3.65. The van der Waals surface area contributed by atoms with Crippen LogP contribution in [0.15, 0.2) is 18.2 Å². The first-order valence-corrected chi connectivity index (χ1v) is 4.43. The Morgan fingerprint density at radius 1 is 1.56 bits per heavy atom. The number of nitrogens with zero attached hydrogens (tertiary/aromatic N) is 2. The van der Waals surface area contributed by atoms with Crippen LogP contribution in [0.1, 0.15) is 10.5 Å². The van der Waals surface area contributed by atoms with Crippen molar-refractivity contribution in [2.75, 3.05) is 7.11 Å². The minimum absolute atomic E-state index is 0.0508. The summed E-state index contributed by atoms with van der Waals surface area (Å²) < 4.78 is 5.81. The Morgan fingerprint density at radius 2 is 2.31 bits per heavy atom. The Bertz CT molecular complexity index is 573. The van der Waals surface area contributed by atoms with Crippen molar-refractivity contribution in [3.05, 3.63) is 23.9 Å². The Labute approximate surface area is 90.0 Å². The van der Waals surface area contributed by atoms with Crippen molar-refractivity contribution in [1.82, 2.24) is 9.78 Å². The van der Waals surface area contributed by atoms with Gasteiger partial charge < -0.3 is 9.84 Å². The number of benzene rings is 1. The van der Waals surface area contributed by atoms with Gasteiger partial charge in [-0.1, -0.05) is 6.07 Å². The second-order valence-electron chi connectivity index (χ2n) is 3.05. The lowest BCUT2D eigenvalue weighted by molar-refractivity contribution is 0.111. The first-order valence-electron chi connectivity index (χ1n) is 4.43. The molecule has 0 amide bonds. The van der Waals surface area contributed by atoms with Crippen molar-refractivity contribution < 1.29 is 19.4 Å². The van der Waals surface area contributed by atoms with E-state index in [-0.39, 0.29) is 5.69 Å². The maximum absolute atomic E-state index is 10.9. The van der Waals surface area contributed by atoms with Crippen molar-refractivity contribution in [2.45, 2.75) is 0 Å². The molecule has 0 radical (unpaired) electrons. The van der Waals surface area contributed by atoms with Crippen LogP contribution in [0.4, 0.5) is 4.79 Å². The van der Waals surface area contributed by atoms with E-state index >= 15 is 0 Å². The van der Waals surface area contributed by atoms with E-state index < -0.39 is 6.09 Å². The van der Waals surface area contributed by atoms with Gasteiger partial charge in [0.15, 0.2) is 6.29 Å². The van der Waals surface area contributed by atoms with Gasteiger partial charge in [0, 0.05) is 0 Å². The van der Waals surface area contributed by atoms with Crippen LogP contribution in [0.5, 0.6) is 5.75 Å². The van der Waals surface area contributed by atoms with E-state index in [9.17, 15) is 9.59 Å². The first kappa shape index (κ1) is 10.2. The quantitative estimate of drug-likeness (QED) is 0.773. The van der Waals surface area contributed by atoms with Crippen molar-refractivity contribution >= 4 is 23.3 Å². The number of aromatic nitrogens is 2. The molecule has 0 bridgehead atoms. The van der Waals surface area contributed by atoms with Gasteiger partial charge in [-0.25, -0.2) is 4.79 Å². The van der Waals surface area contributed by atoms with E-state index in [1.54, 1.807) is 18.2 Å². The molecule has 1 aromatic heterocycles. The number of carbonyl (C=O) groups is 2. The van der Waals surface area contributed by atoms with E-state index in [4.69, 9.17) is 9.84 Å². The van der Waals surface area contributed by atoms with Crippen molar-refractivity contribution in [3.8, 4) is 5.75 Å². The number of carbonyl (C=O) groups excluding carboxylic acids is 1. The molecule has 0 aliphatic heterocycles. The van der Waals surface area contributed by atoms with Gasteiger partial charge in [0.2, 0.25) is 0 Å². The fourth-order valence-electron chi connectivity index (χ4n) is 1.56. The SMILES string of the molecule is COc1cccc2c1c(C=O)nn2C(=O)O. The summed E-state index contributed by atoms with van der Waals surface area (Å²) in [6, 6.07) is 4.84. The van der Waals surface area contributed by atoms with Crippen molar-refractivity contribution in [1.29, 1.82) is 0 Å². The molecule has 2 rings (SSSR count). The number of aldehydes is 1. The maximum Gasteiger partial charge on any atom is 0.432 e. The number of fused-ring (bicyclic) bond motifs is 1. The number of hydrogen-bond donors (Lipinski definition) is 1. The Kier molecular flexibility index (Phi) is 2.32. The molecular formula is C10H8N2O4. The molecule has 0 saturated carbocycles. The van der Waals surface area contributed by atoms with Gasteiger partial charge in [-0.2, -0.15) is 9.78 Å². The molecule has 1 heterocycles. The van der Waals surface area contributed by atoms with E-state index in [0.29, 0.717) is 22.9 Å². The minimum atomic E-state index is -1.24. The van der Waals surface area contributed by atoms with E-state index in [0.717, 1.165) is 4.68 Å². The molecule has 0 unspecified atom stereocenters. The van der Waals surface area contributed by atoms with Gasteiger partial charge in [0.25, 0.3) is 0 Å². The number of ether oxygens (including phenoxy) is 1. The lowest BCUT2D eigenvalue weighted by Gasteiger charge is -2.01. The van der Waals surface area contributed by atoms with E-state index in [1.807, 2.05) is 0 Å². The lowest BCUT2D eigenvalue weighted by atomic mass is 10.2. The predicted octanol–water partition coefficient (Wildman–Crippen LogP) is 1.38. The van der Waals surface area contributed by atoms with Gasteiger partial charge in [0.05, 0.1) is 18.0 Å². The van der Waals surface area contributed by atoms with Gasteiger partial charge in [-0.3, -0.25) is 4.79 Å². The summed E-state index contributed by atoms with van der Waals surface area (Å²) in [5, 5.41) is 13.0. The highest BCUT2D eigenvalue weighted by Gasteiger charge is 2.17. The average Bonchev–Trinajstić information content (AvgIpc) is 2.67. The first-order chi connectivity index (χ1) is 7.69. The van der Waals surface area contributed by atoms with Gasteiger partial charge in [-0.05, 0) is 12.1 Å². The highest BCUT2D eigenvalue weighted by atomic mass is 16.5. The van der Waals surface area contributed by atoms with Crippen molar-refractivity contribution in [2.24, 2.45) is 0 Å². The third-order valence-electron chi connectivity index (χ3n) is 2.21. The highest BCUT2D eigenvalue weighted by Crippen LogP contribution is 2.27. The van der Waals surface area contributed by atoms with Crippen LogP contribution in [0, 0.1) is 0 Å². The summed E-state index contributed by atoms with van der Waals surface area (Å²) in [7, 11) is 1.45. The minimum Gasteiger partial charge on any atom is -0.496 e. The number of hydrogen-bond acceptors (Lipinski definition) is 4. The lowest BCUT2D eigenvalue weighted by Crippen LogP contribution is -2.09. The molecule has 1 aromatic carbocycles. The van der Waals surface area contributed by atoms with Crippen LogP contribution >= 0.6 is 0 Å². The molecule has 82 valence electrons. The molecule has 0 fully saturated rings. The van der Waals surface area contributed by atoms with Crippen LogP contribution in [-0.2, 0) is 0 Å². The predicted molar refractivity (Wildman–Crippen MR) is 55.1 cm³/mol. The number of rotatable bonds is 2. The van der Waals surface area contributed by atoms with Crippen LogP contribution in [0.3, 0.4) is 0 Å². The normalized spacial score (nSPS) is 10.3. The molecule has 16 heavy (non-hydrogen) atoms. The summed E-state index contributed by atoms with van der Waals surface area (Å²) in [6.45, 7) is 0. The molecule has 6 nitrogen and oxygen atoms in total. The summed E-state index contributed by atoms with van der Waals surface area (Å²) in [5.74, 6) is 0.423. The van der Waals surface area contributed by atoms with E-state index in [1.165, 1.54) is 7.11 Å². The Hall–Kier alpha value is -2.37. The summed E-state index contributed by atoms with van der Waals surface area (Å²) in [6.07, 6.45) is -0.740. The highest BCUT2D eigenvalue weighted by molar-refractivity contribution is 6.01. The third kappa shape index (κ3) is 1.31. The van der Waals surface area contributed by atoms with Crippen LogP contribution in [0.25, 0.3) is 10.9 Å². The Balaban J connectivity index is 2.89. The largest absolute Gasteiger partial charge is 0.496 e. The number of carboxylic acid groups (broad SMARTS) is 1. The molecule has 0 aliphatic rings. The summed E-state index contributed by atoms with van der Waals surface area (Å²) >= 11 is 0.